The standard InChI is InChI=1S/C12H25N3O/c1-12(2,3)15-11(13-4)14-8-7-10-6-5-9-16-10/h10H,5-9H2,1-4H3,(H2,13,14,15). The first-order valence-corrected chi connectivity index (χ1v) is 6.12. The maximum absolute atomic E-state index is 5.57. The summed E-state index contributed by atoms with van der Waals surface area (Å²) in [4.78, 5) is 4.19. The highest BCUT2D eigenvalue weighted by Gasteiger charge is 2.16. The lowest BCUT2D eigenvalue weighted by molar-refractivity contribution is 0.105. The molecule has 4 heteroatoms. The summed E-state index contributed by atoms with van der Waals surface area (Å²) < 4.78 is 5.57. The van der Waals surface area contributed by atoms with Crippen molar-refractivity contribution in [1.29, 1.82) is 0 Å². The van der Waals surface area contributed by atoms with Crippen molar-refractivity contribution in [2.24, 2.45) is 4.99 Å². The number of hydrogen-bond donors (Lipinski definition) is 2. The van der Waals surface area contributed by atoms with Crippen molar-refractivity contribution in [1.82, 2.24) is 10.6 Å². The van der Waals surface area contributed by atoms with Crippen LogP contribution in [0.1, 0.15) is 40.0 Å². The predicted octanol–water partition coefficient (Wildman–Crippen LogP) is 1.52. The number of hydrogen-bond acceptors (Lipinski definition) is 2. The Bertz CT molecular complexity index is 227. The van der Waals surface area contributed by atoms with Crippen LogP contribution in [0, 0.1) is 0 Å². The molecule has 0 saturated carbocycles. The quantitative estimate of drug-likeness (QED) is 0.567. The van der Waals surface area contributed by atoms with Crippen molar-refractivity contribution in [3.63, 3.8) is 0 Å². The molecule has 0 aliphatic carbocycles. The zero-order chi connectivity index (χ0) is 12.0. The number of guanidine groups is 1. The molecule has 4 nitrogen and oxygen atoms in total. The van der Waals surface area contributed by atoms with E-state index in [4.69, 9.17) is 4.74 Å². The summed E-state index contributed by atoms with van der Waals surface area (Å²) in [6.45, 7) is 8.22. The molecule has 1 atom stereocenters. The number of ether oxygens (including phenoxy) is 1. The average molecular weight is 227 g/mol. The lowest BCUT2D eigenvalue weighted by atomic mass is 10.1. The van der Waals surface area contributed by atoms with Gasteiger partial charge in [-0.1, -0.05) is 0 Å². The van der Waals surface area contributed by atoms with Gasteiger partial charge in [-0.25, -0.2) is 0 Å². The van der Waals surface area contributed by atoms with E-state index in [0.29, 0.717) is 6.10 Å². The van der Waals surface area contributed by atoms with Gasteiger partial charge in [-0.05, 0) is 40.0 Å². The zero-order valence-corrected chi connectivity index (χ0v) is 11.0. The highest BCUT2D eigenvalue weighted by molar-refractivity contribution is 5.80. The van der Waals surface area contributed by atoms with E-state index in [2.05, 4.69) is 36.4 Å². The van der Waals surface area contributed by atoms with Crippen molar-refractivity contribution in [3.05, 3.63) is 0 Å². The van der Waals surface area contributed by atoms with Gasteiger partial charge in [0, 0.05) is 25.7 Å². The summed E-state index contributed by atoms with van der Waals surface area (Å²) in [5.74, 6) is 0.866. The van der Waals surface area contributed by atoms with E-state index in [1.54, 1.807) is 7.05 Å². The number of aliphatic imine (C=N–C) groups is 1. The monoisotopic (exact) mass is 227 g/mol. The fourth-order valence-electron chi connectivity index (χ4n) is 1.76. The molecule has 1 unspecified atom stereocenters. The molecule has 1 fully saturated rings. The lowest BCUT2D eigenvalue weighted by Gasteiger charge is -2.24. The average Bonchev–Trinajstić information content (AvgIpc) is 2.67. The Balaban J connectivity index is 2.19. The van der Waals surface area contributed by atoms with Gasteiger partial charge in [0.15, 0.2) is 5.96 Å². The molecule has 1 aliphatic rings. The Hall–Kier alpha value is -0.770. The highest BCUT2D eigenvalue weighted by Crippen LogP contribution is 2.14. The van der Waals surface area contributed by atoms with Gasteiger partial charge >= 0.3 is 0 Å². The van der Waals surface area contributed by atoms with Gasteiger partial charge in [-0.2, -0.15) is 0 Å². The van der Waals surface area contributed by atoms with Crippen LogP contribution in [-0.4, -0.2) is 37.8 Å². The largest absolute Gasteiger partial charge is 0.378 e. The first-order chi connectivity index (χ1) is 7.51. The predicted molar refractivity (Wildman–Crippen MR) is 67.8 cm³/mol. The summed E-state index contributed by atoms with van der Waals surface area (Å²) in [6, 6.07) is 0. The van der Waals surface area contributed by atoms with Crippen LogP contribution in [0.4, 0.5) is 0 Å². The second kappa shape index (κ2) is 6.09. The first kappa shape index (κ1) is 13.3. The fourth-order valence-corrected chi connectivity index (χ4v) is 1.76. The highest BCUT2D eigenvalue weighted by atomic mass is 16.5. The molecule has 1 heterocycles. The molecule has 0 radical (unpaired) electrons. The van der Waals surface area contributed by atoms with Gasteiger partial charge in [0.25, 0.3) is 0 Å². The molecule has 0 aromatic heterocycles. The summed E-state index contributed by atoms with van der Waals surface area (Å²) in [7, 11) is 1.80. The normalized spacial score (nSPS) is 22.2. The van der Waals surface area contributed by atoms with Gasteiger partial charge in [0.05, 0.1) is 6.10 Å². The van der Waals surface area contributed by atoms with Crippen LogP contribution >= 0.6 is 0 Å². The third-order valence-corrected chi connectivity index (χ3v) is 2.50. The summed E-state index contributed by atoms with van der Waals surface area (Å²) in [6.07, 6.45) is 3.91. The number of nitrogens with zero attached hydrogens (tertiary/aromatic N) is 1. The molecule has 0 aromatic carbocycles. The van der Waals surface area contributed by atoms with Crippen molar-refractivity contribution in [3.8, 4) is 0 Å². The molecule has 2 N–H and O–H groups in total. The van der Waals surface area contributed by atoms with E-state index in [0.717, 1.165) is 25.5 Å². The molecule has 1 aliphatic heterocycles. The minimum absolute atomic E-state index is 0.0473. The lowest BCUT2D eigenvalue weighted by Crippen LogP contribution is -2.48. The molecule has 1 saturated heterocycles. The van der Waals surface area contributed by atoms with Gasteiger partial charge < -0.3 is 15.4 Å². The van der Waals surface area contributed by atoms with Gasteiger partial charge in [-0.3, -0.25) is 4.99 Å². The minimum Gasteiger partial charge on any atom is -0.378 e. The SMILES string of the molecule is CN=C(NCCC1CCCO1)NC(C)(C)C. The maximum Gasteiger partial charge on any atom is 0.191 e. The molecule has 0 aromatic rings. The van der Waals surface area contributed by atoms with Crippen molar-refractivity contribution in [2.45, 2.75) is 51.7 Å². The second-order valence-corrected chi connectivity index (χ2v) is 5.30. The van der Waals surface area contributed by atoms with E-state index in [-0.39, 0.29) is 5.54 Å². The van der Waals surface area contributed by atoms with Gasteiger partial charge in [0.2, 0.25) is 0 Å². The Morgan fingerprint density at radius 2 is 2.19 bits per heavy atom. The maximum atomic E-state index is 5.57. The summed E-state index contributed by atoms with van der Waals surface area (Å²) in [5, 5.41) is 6.64. The smallest absolute Gasteiger partial charge is 0.191 e. The Morgan fingerprint density at radius 3 is 2.69 bits per heavy atom. The van der Waals surface area contributed by atoms with Crippen molar-refractivity contribution < 1.29 is 4.74 Å². The number of rotatable bonds is 3. The topological polar surface area (TPSA) is 45.7 Å². The molecule has 0 amide bonds. The molecule has 0 bridgehead atoms. The minimum atomic E-state index is 0.0473. The van der Waals surface area contributed by atoms with Crippen LogP contribution in [0.2, 0.25) is 0 Å². The summed E-state index contributed by atoms with van der Waals surface area (Å²) in [5.41, 5.74) is 0.0473. The fraction of sp³-hybridized carbons (Fsp3) is 0.917. The van der Waals surface area contributed by atoms with E-state index >= 15 is 0 Å². The molecule has 16 heavy (non-hydrogen) atoms. The molecular formula is C12H25N3O. The molecule has 0 spiro atoms. The van der Waals surface area contributed by atoms with E-state index < -0.39 is 0 Å². The van der Waals surface area contributed by atoms with Crippen molar-refractivity contribution >= 4 is 5.96 Å². The second-order valence-electron chi connectivity index (χ2n) is 5.30. The molecule has 94 valence electrons. The Kier molecular flexibility index (Phi) is 5.06. The first-order valence-electron chi connectivity index (χ1n) is 6.12. The van der Waals surface area contributed by atoms with E-state index in [1.165, 1.54) is 12.8 Å². The third-order valence-electron chi connectivity index (χ3n) is 2.50. The zero-order valence-electron chi connectivity index (χ0n) is 11.0. The van der Waals surface area contributed by atoms with Crippen LogP contribution in [-0.2, 0) is 4.74 Å². The van der Waals surface area contributed by atoms with Crippen LogP contribution in [0.25, 0.3) is 0 Å². The third kappa shape index (κ3) is 5.35. The van der Waals surface area contributed by atoms with Crippen LogP contribution in [0.5, 0.6) is 0 Å². The van der Waals surface area contributed by atoms with Crippen LogP contribution in [0.3, 0.4) is 0 Å². The van der Waals surface area contributed by atoms with E-state index in [1.807, 2.05) is 0 Å². The van der Waals surface area contributed by atoms with Crippen LogP contribution in [0.15, 0.2) is 4.99 Å². The van der Waals surface area contributed by atoms with Crippen LogP contribution < -0.4 is 10.6 Å². The summed E-state index contributed by atoms with van der Waals surface area (Å²) >= 11 is 0. The van der Waals surface area contributed by atoms with Gasteiger partial charge in [0.1, 0.15) is 0 Å². The molecule has 1 rings (SSSR count). The number of nitrogens with one attached hydrogen (secondary N) is 2. The Labute approximate surface area is 98.9 Å². The van der Waals surface area contributed by atoms with Crippen molar-refractivity contribution in [2.75, 3.05) is 20.2 Å². The van der Waals surface area contributed by atoms with Gasteiger partial charge in [-0.15, -0.1) is 0 Å². The molecular weight excluding hydrogens is 202 g/mol. The van der Waals surface area contributed by atoms with E-state index in [9.17, 15) is 0 Å². The Morgan fingerprint density at radius 1 is 1.44 bits per heavy atom.